The maximum absolute atomic E-state index is 12.9. The standard InChI is InChI=1S/C16H22FNO2/c1-12(16(19)20)9-14-3-2-8-18(11-14)10-13-4-6-15(17)7-5-13/h4-7,12,14H,2-3,8-11H2,1H3,(H,19,20). The average Bonchev–Trinajstić information content (AvgIpc) is 2.42. The Hall–Kier alpha value is -1.42. The van der Waals surface area contributed by atoms with Gasteiger partial charge in [0, 0.05) is 13.1 Å². The van der Waals surface area contributed by atoms with Gasteiger partial charge in [0.25, 0.3) is 0 Å². The van der Waals surface area contributed by atoms with E-state index in [1.165, 1.54) is 12.1 Å². The number of carboxylic acid groups (broad SMARTS) is 1. The molecule has 1 fully saturated rings. The van der Waals surface area contributed by atoms with Gasteiger partial charge < -0.3 is 5.11 Å². The Balaban J connectivity index is 1.87. The number of likely N-dealkylation sites (tertiary alicyclic amines) is 1. The van der Waals surface area contributed by atoms with Gasteiger partial charge in [-0.25, -0.2) is 4.39 Å². The van der Waals surface area contributed by atoms with Crippen molar-refractivity contribution in [3.63, 3.8) is 0 Å². The van der Waals surface area contributed by atoms with Crippen LogP contribution in [0.15, 0.2) is 24.3 Å². The van der Waals surface area contributed by atoms with Gasteiger partial charge >= 0.3 is 5.97 Å². The smallest absolute Gasteiger partial charge is 0.306 e. The topological polar surface area (TPSA) is 40.5 Å². The minimum absolute atomic E-state index is 0.208. The quantitative estimate of drug-likeness (QED) is 0.900. The fourth-order valence-electron chi connectivity index (χ4n) is 2.94. The van der Waals surface area contributed by atoms with E-state index in [1.54, 1.807) is 6.92 Å². The number of piperidine rings is 1. The molecule has 0 bridgehead atoms. The summed E-state index contributed by atoms with van der Waals surface area (Å²) < 4.78 is 12.9. The lowest BCUT2D eigenvalue weighted by Crippen LogP contribution is -2.36. The van der Waals surface area contributed by atoms with E-state index >= 15 is 0 Å². The van der Waals surface area contributed by atoms with Crippen molar-refractivity contribution in [2.24, 2.45) is 11.8 Å². The molecule has 4 heteroatoms. The largest absolute Gasteiger partial charge is 0.481 e. The first-order chi connectivity index (χ1) is 9.54. The Morgan fingerprint density at radius 2 is 2.15 bits per heavy atom. The summed E-state index contributed by atoms with van der Waals surface area (Å²) in [7, 11) is 0. The highest BCUT2D eigenvalue weighted by Gasteiger charge is 2.24. The molecule has 2 atom stereocenters. The van der Waals surface area contributed by atoms with Gasteiger partial charge in [-0.05, 0) is 49.4 Å². The van der Waals surface area contributed by atoms with Crippen LogP contribution in [0.4, 0.5) is 4.39 Å². The molecule has 0 amide bonds. The molecule has 0 saturated carbocycles. The van der Waals surface area contributed by atoms with Crippen molar-refractivity contribution in [3.8, 4) is 0 Å². The summed E-state index contributed by atoms with van der Waals surface area (Å²) in [5.41, 5.74) is 1.11. The van der Waals surface area contributed by atoms with Gasteiger partial charge in [0.15, 0.2) is 0 Å². The zero-order valence-corrected chi connectivity index (χ0v) is 11.9. The molecule has 1 N–H and O–H groups in total. The van der Waals surface area contributed by atoms with E-state index in [-0.39, 0.29) is 11.7 Å². The fourth-order valence-corrected chi connectivity index (χ4v) is 2.94. The maximum Gasteiger partial charge on any atom is 0.306 e. The number of halogens is 1. The normalized spacial score (nSPS) is 21.6. The first kappa shape index (κ1) is 15.0. The van der Waals surface area contributed by atoms with Gasteiger partial charge in [0.05, 0.1) is 5.92 Å². The Morgan fingerprint density at radius 3 is 2.80 bits per heavy atom. The zero-order valence-electron chi connectivity index (χ0n) is 11.9. The van der Waals surface area contributed by atoms with Gasteiger partial charge in [-0.3, -0.25) is 9.69 Å². The SMILES string of the molecule is CC(CC1CCCN(Cc2ccc(F)cc2)C1)C(=O)O. The van der Waals surface area contributed by atoms with Crippen LogP contribution in [0, 0.1) is 17.7 Å². The second-order valence-corrected chi connectivity index (χ2v) is 5.84. The maximum atomic E-state index is 12.9. The van der Waals surface area contributed by atoms with Crippen LogP contribution >= 0.6 is 0 Å². The van der Waals surface area contributed by atoms with Crippen molar-refractivity contribution < 1.29 is 14.3 Å². The van der Waals surface area contributed by atoms with E-state index in [9.17, 15) is 9.18 Å². The lowest BCUT2D eigenvalue weighted by atomic mass is 9.89. The van der Waals surface area contributed by atoms with Gasteiger partial charge in [0.2, 0.25) is 0 Å². The van der Waals surface area contributed by atoms with Crippen LogP contribution in [0.2, 0.25) is 0 Å². The highest BCUT2D eigenvalue weighted by molar-refractivity contribution is 5.69. The second-order valence-electron chi connectivity index (χ2n) is 5.84. The van der Waals surface area contributed by atoms with Gasteiger partial charge in [-0.15, -0.1) is 0 Å². The number of carboxylic acids is 1. The Kier molecular flexibility index (Phi) is 5.12. The highest BCUT2D eigenvalue weighted by Crippen LogP contribution is 2.24. The third-order valence-corrected chi connectivity index (χ3v) is 4.03. The molecule has 1 aromatic rings. The molecule has 0 aromatic heterocycles. The van der Waals surface area contributed by atoms with Crippen LogP contribution < -0.4 is 0 Å². The first-order valence-electron chi connectivity index (χ1n) is 7.24. The number of hydrogen-bond acceptors (Lipinski definition) is 2. The number of rotatable bonds is 5. The fraction of sp³-hybridized carbons (Fsp3) is 0.562. The summed E-state index contributed by atoms with van der Waals surface area (Å²) in [6, 6.07) is 6.62. The molecule has 1 aliphatic heterocycles. The molecule has 2 rings (SSSR count). The highest BCUT2D eigenvalue weighted by atomic mass is 19.1. The molecular weight excluding hydrogens is 257 g/mol. The number of carbonyl (C=O) groups is 1. The van der Waals surface area contributed by atoms with Gasteiger partial charge in [0.1, 0.15) is 5.82 Å². The van der Waals surface area contributed by atoms with E-state index in [0.29, 0.717) is 5.92 Å². The molecule has 1 aliphatic rings. The summed E-state index contributed by atoms with van der Waals surface area (Å²) in [5.74, 6) is -0.734. The molecule has 110 valence electrons. The number of hydrogen-bond donors (Lipinski definition) is 1. The van der Waals surface area contributed by atoms with Crippen molar-refractivity contribution in [1.29, 1.82) is 0 Å². The summed E-state index contributed by atoms with van der Waals surface area (Å²) >= 11 is 0. The molecule has 0 spiro atoms. The van der Waals surface area contributed by atoms with E-state index in [1.807, 2.05) is 12.1 Å². The predicted molar refractivity (Wildman–Crippen MR) is 75.8 cm³/mol. The number of nitrogens with zero attached hydrogens (tertiary/aromatic N) is 1. The third kappa shape index (κ3) is 4.30. The van der Waals surface area contributed by atoms with Crippen molar-refractivity contribution in [2.45, 2.75) is 32.7 Å². The second kappa shape index (κ2) is 6.84. The molecule has 1 saturated heterocycles. The Morgan fingerprint density at radius 1 is 1.45 bits per heavy atom. The van der Waals surface area contributed by atoms with Gasteiger partial charge in [-0.2, -0.15) is 0 Å². The summed E-state index contributed by atoms with van der Waals surface area (Å²) in [6.07, 6.45) is 2.96. The van der Waals surface area contributed by atoms with Crippen LogP contribution in [0.3, 0.4) is 0 Å². The van der Waals surface area contributed by atoms with Gasteiger partial charge in [-0.1, -0.05) is 19.1 Å². The van der Waals surface area contributed by atoms with Crippen LogP contribution in [0.25, 0.3) is 0 Å². The molecule has 0 aliphatic carbocycles. The van der Waals surface area contributed by atoms with Crippen molar-refractivity contribution in [3.05, 3.63) is 35.6 Å². The predicted octanol–water partition coefficient (Wildman–Crippen LogP) is 3.15. The van der Waals surface area contributed by atoms with Crippen molar-refractivity contribution in [2.75, 3.05) is 13.1 Å². The molecule has 20 heavy (non-hydrogen) atoms. The van der Waals surface area contributed by atoms with E-state index in [4.69, 9.17) is 5.11 Å². The van der Waals surface area contributed by atoms with E-state index in [2.05, 4.69) is 4.90 Å². The molecule has 2 unspecified atom stereocenters. The lowest BCUT2D eigenvalue weighted by molar-refractivity contribution is -0.141. The zero-order chi connectivity index (χ0) is 14.5. The molecule has 0 radical (unpaired) electrons. The number of benzene rings is 1. The molecule has 1 heterocycles. The van der Waals surface area contributed by atoms with Crippen LogP contribution in [-0.4, -0.2) is 29.1 Å². The first-order valence-corrected chi connectivity index (χ1v) is 7.24. The van der Waals surface area contributed by atoms with Crippen molar-refractivity contribution in [1.82, 2.24) is 4.90 Å². The number of aliphatic carboxylic acids is 1. The lowest BCUT2D eigenvalue weighted by Gasteiger charge is -2.33. The van der Waals surface area contributed by atoms with Crippen LogP contribution in [0.5, 0.6) is 0 Å². The summed E-state index contributed by atoms with van der Waals surface area (Å²) in [6.45, 7) is 4.57. The average molecular weight is 279 g/mol. The molecular formula is C16H22FNO2. The minimum atomic E-state index is -0.708. The Bertz CT molecular complexity index is 446. The van der Waals surface area contributed by atoms with Crippen LogP contribution in [-0.2, 0) is 11.3 Å². The minimum Gasteiger partial charge on any atom is -0.481 e. The van der Waals surface area contributed by atoms with E-state index in [0.717, 1.165) is 44.5 Å². The Labute approximate surface area is 119 Å². The molecule has 1 aromatic carbocycles. The third-order valence-electron chi connectivity index (χ3n) is 4.03. The molecule has 3 nitrogen and oxygen atoms in total. The van der Waals surface area contributed by atoms with Crippen LogP contribution in [0.1, 0.15) is 31.7 Å². The van der Waals surface area contributed by atoms with Crippen molar-refractivity contribution >= 4 is 5.97 Å². The summed E-state index contributed by atoms with van der Waals surface area (Å²) in [5, 5.41) is 8.99. The summed E-state index contributed by atoms with van der Waals surface area (Å²) in [4.78, 5) is 13.3. The van der Waals surface area contributed by atoms with E-state index < -0.39 is 5.97 Å². The monoisotopic (exact) mass is 279 g/mol.